The van der Waals surface area contributed by atoms with Crippen molar-refractivity contribution in [1.82, 2.24) is 10.2 Å². The highest BCUT2D eigenvalue weighted by atomic mass is 16.5. The van der Waals surface area contributed by atoms with Crippen molar-refractivity contribution >= 4 is 5.91 Å². The Balaban J connectivity index is 2.40. The first kappa shape index (κ1) is 19.4. The number of nitrogens with one attached hydrogen (secondary N) is 1. The maximum Gasteiger partial charge on any atom is 0.254 e. The fourth-order valence-corrected chi connectivity index (χ4v) is 3.02. The molecule has 140 valence electrons. The summed E-state index contributed by atoms with van der Waals surface area (Å²) in [6.07, 6.45) is 0. The molecule has 1 N–H and O–H groups in total. The summed E-state index contributed by atoms with van der Waals surface area (Å²) in [6, 6.07) is 3.91. The van der Waals surface area contributed by atoms with Crippen LogP contribution in [0.5, 0.6) is 17.2 Å². The molecule has 1 amide bonds. The number of amides is 1. The number of ether oxygens (including phenoxy) is 3. The third-order valence-corrected chi connectivity index (χ3v) is 4.45. The SMILES string of the molecule is CCOc1cc(C(=O)N2CCNC(C)C2C)cc(OCC)c1OCC. The average Bonchev–Trinajstić information content (AvgIpc) is 2.59. The van der Waals surface area contributed by atoms with Crippen LogP contribution in [0.4, 0.5) is 0 Å². The molecule has 1 aliphatic heterocycles. The third-order valence-electron chi connectivity index (χ3n) is 4.45. The van der Waals surface area contributed by atoms with Gasteiger partial charge in [-0.1, -0.05) is 0 Å². The Bertz CT molecular complexity index is 564. The number of hydrogen-bond donors (Lipinski definition) is 1. The molecule has 1 aromatic carbocycles. The van der Waals surface area contributed by atoms with Crippen LogP contribution in [0.3, 0.4) is 0 Å². The number of benzene rings is 1. The molecule has 0 aliphatic carbocycles. The van der Waals surface area contributed by atoms with Gasteiger partial charge in [0.15, 0.2) is 11.5 Å². The van der Waals surface area contributed by atoms with Gasteiger partial charge in [-0.15, -0.1) is 0 Å². The van der Waals surface area contributed by atoms with Gasteiger partial charge in [0.25, 0.3) is 5.91 Å². The monoisotopic (exact) mass is 350 g/mol. The van der Waals surface area contributed by atoms with Crippen LogP contribution in [0.15, 0.2) is 12.1 Å². The molecule has 0 spiro atoms. The van der Waals surface area contributed by atoms with Gasteiger partial charge in [0.2, 0.25) is 5.75 Å². The second kappa shape index (κ2) is 8.94. The first-order valence-corrected chi connectivity index (χ1v) is 9.14. The van der Waals surface area contributed by atoms with Crippen LogP contribution >= 0.6 is 0 Å². The Hall–Kier alpha value is -1.95. The molecule has 25 heavy (non-hydrogen) atoms. The zero-order chi connectivity index (χ0) is 18.4. The van der Waals surface area contributed by atoms with Crippen LogP contribution < -0.4 is 19.5 Å². The van der Waals surface area contributed by atoms with E-state index in [4.69, 9.17) is 14.2 Å². The van der Waals surface area contributed by atoms with E-state index < -0.39 is 0 Å². The molecule has 2 atom stereocenters. The second-order valence-corrected chi connectivity index (χ2v) is 6.08. The summed E-state index contributed by atoms with van der Waals surface area (Å²) in [5.41, 5.74) is 0.566. The number of carbonyl (C=O) groups excluding carboxylic acids is 1. The molecule has 1 heterocycles. The zero-order valence-electron chi connectivity index (χ0n) is 15.9. The van der Waals surface area contributed by atoms with E-state index in [2.05, 4.69) is 19.2 Å². The van der Waals surface area contributed by atoms with Crippen LogP contribution in [0.25, 0.3) is 0 Å². The van der Waals surface area contributed by atoms with Crippen molar-refractivity contribution in [3.63, 3.8) is 0 Å². The highest BCUT2D eigenvalue weighted by Gasteiger charge is 2.30. The largest absolute Gasteiger partial charge is 0.490 e. The molecule has 6 nitrogen and oxygen atoms in total. The number of hydrogen-bond acceptors (Lipinski definition) is 5. The highest BCUT2D eigenvalue weighted by Crippen LogP contribution is 2.39. The van der Waals surface area contributed by atoms with Crippen molar-refractivity contribution in [2.45, 2.75) is 46.7 Å². The Morgan fingerprint density at radius 2 is 1.64 bits per heavy atom. The average molecular weight is 350 g/mol. The van der Waals surface area contributed by atoms with Crippen molar-refractivity contribution < 1.29 is 19.0 Å². The third kappa shape index (κ3) is 4.37. The minimum absolute atomic E-state index is 0.00851. The lowest BCUT2D eigenvalue weighted by Crippen LogP contribution is -2.57. The van der Waals surface area contributed by atoms with E-state index in [0.717, 1.165) is 6.54 Å². The summed E-state index contributed by atoms with van der Waals surface area (Å²) < 4.78 is 17.1. The van der Waals surface area contributed by atoms with Crippen molar-refractivity contribution in [2.24, 2.45) is 0 Å². The summed E-state index contributed by atoms with van der Waals surface area (Å²) in [6.45, 7) is 12.9. The molecule has 2 rings (SSSR count). The van der Waals surface area contributed by atoms with Gasteiger partial charge >= 0.3 is 0 Å². The summed E-state index contributed by atoms with van der Waals surface area (Å²) in [5.74, 6) is 1.65. The quantitative estimate of drug-likeness (QED) is 0.819. The molecule has 1 fully saturated rings. The van der Waals surface area contributed by atoms with Gasteiger partial charge in [-0.2, -0.15) is 0 Å². The molecular formula is C19H30N2O4. The summed E-state index contributed by atoms with van der Waals surface area (Å²) in [4.78, 5) is 15.0. The fraction of sp³-hybridized carbons (Fsp3) is 0.632. The summed E-state index contributed by atoms with van der Waals surface area (Å²) in [5, 5.41) is 3.39. The van der Waals surface area contributed by atoms with E-state index in [0.29, 0.717) is 49.2 Å². The first-order chi connectivity index (χ1) is 12.0. The topological polar surface area (TPSA) is 60.0 Å². The Morgan fingerprint density at radius 3 is 2.16 bits per heavy atom. The normalized spacial score (nSPS) is 20.3. The highest BCUT2D eigenvalue weighted by molar-refractivity contribution is 5.96. The van der Waals surface area contributed by atoms with Crippen LogP contribution in [0.2, 0.25) is 0 Å². The van der Waals surface area contributed by atoms with Gasteiger partial charge in [0.05, 0.1) is 19.8 Å². The van der Waals surface area contributed by atoms with Gasteiger partial charge < -0.3 is 24.4 Å². The molecule has 0 aromatic heterocycles. The van der Waals surface area contributed by atoms with Crippen LogP contribution in [-0.4, -0.2) is 55.8 Å². The Morgan fingerprint density at radius 1 is 1.08 bits per heavy atom. The minimum atomic E-state index is -0.00851. The van der Waals surface area contributed by atoms with Crippen LogP contribution in [0.1, 0.15) is 45.0 Å². The number of rotatable bonds is 7. The van der Waals surface area contributed by atoms with Crippen molar-refractivity contribution in [3.05, 3.63) is 17.7 Å². The van der Waals surface area contributed by atoms with Crippen molar-refractivity contribution in [1.29, 1.82) is 0 Å². The summed E-state index contributed by atoms with van der Waals surface area (Å²) in [7, 11) is 0. The number of piperazine rings is 1. The molecule has 6 heteroatoms. The smallest absolute Gasteiger partial charge is 0.254 e. The van der Waals surface area contributed by atoms with Gasteiger partial charge in [0, 0.05) is 30.7 Å². The lowest BCUT2D eigenvalue weighted by Gasteiger charge is -2.38. The molecule has 1 aliphatic rings. The fourth-order valence-electron chi connectivity index (χ4n) is 3.02. The molecule has 1 aromatic rings. The minimum Gasteiger partial charge on any atom is -0.490 e. The zero-order valence-corrected chi connectivity index (χ0v) is 15.9. The molecular weight excluding hydrogens is 320 g/mol. The molecule has 1 saturated heterocycles. The standard InChI is InChI=1S/C19H30N2O4/c1-6-23-16-11-15(12-17(24-7-2)18(16)25-8-3)19(22)21-10-9-20-13(4)14(21)5/h11-14,20H,6-10H2,1-5H3. The Kier molecular flexibility index (Phi) is 6.93. The van der Waals surface area contributed by atoms with Gasteiger partial charge in [0.1, 0.15) is 0 Å². The second-order valence-electron chi connectivity index (χ2n) is 6.08. The number of carbonyl (C=O) groups is 1. The first-order valence-electron chi connectivity index (χ1n) is 9.14. The maximum atomic E-state index is 13.1. The predicted molar refractivity (Wildman–Crippen MR) is 97.9 cm³/mol. The van der Waals surface area contributed by atoms with Crippen molar-refractivity contribution in [2.75, 3.05) is 32.9 Å². The van der Waals surface area contributed by atoms with E-state index in [1.807, 2.05) is 25.7 Å². The van der Waals surface area contributed by atoms with Crippen LogP contribution in [0, 0.1) is 0 Å². The van der Waals surface area contributed by atoms with Crippen molar-refractivity contribution in [3.8, 4) is 17.2 Å². The lowest BCUT2D eigenvalue weighted by atomic mass is 10.0. The van der Waals surface area contributed by atoms with Crippen LogP contribution in [-0.2, 0) is 0 Å². The predicted octanol–water partition coefficient (Wildman–Crippen LogP) is 2.71. The molecule has 0 saturated carbocycles. The Labute approximate surface area is 150 Å². The molecule has 2 unspecified atom stereocenters. The van der Waals surface area contributed by atoms with E-state index in [9.17, 15) is 4.79 Å². The van der Waals surface area contributed by atoms with Gasteiger partial charge in [-0.05, 0) is 46.8 Å². The van der Waals surface area contributed by atoms with Gasteiger partial charge in [-0.25, -0.2) is 0 Å². The molecule has 0 radical (unpaired) electrons. The molecule has 0 bridgehead atoms. The van der Waals surface area contributed by atoms with E-state index >= 15 is 0 Å². The van der Waals surface area contributed by atoms with Gasteiger partial charge in [-0.3, -0.25) is 4.79 Å². The lowest BCUT2D eigenvalue weighted by molar-refractivity contribution is 0.0602. The number of nitrogens with zero attached hydrogens (tertiary/aromatic N) is 1. The van der Waals surface area contributed by atoms with E-state index in [1.54, 1.807) is 12.1 Å². The summed E-state index contributed by atoms with van der Waals surface area (Å²) >= 11 is 0. The maximum absolute atomic E-state index is 13.1. The van der Waals surface area contributed by atoms with E-state index in [-0.39, 0.29) is 18.0 Å². The van der Waals surface area contributed by atoms with E-state index in [1.165, 1.54) is 0 Å².